The maximum Gasteiger partial charge on any atom is 0.146 e. The van der Waals surface area contributed by atoms with Crippen LogP contribution in [0.3, 0.4) is 0 Å². The van der Waals surface area contributed by atoms with E-state index in [-0.39, 0.29) is 60.6 Å². The van der Waals surface area contributed by atoms with E-state index in [2.05, 4.69) is 78.9 Å². The summed E-state index contributed by atoms with van der Waals surface area (Å²) in [7, 11) is 58.4. The number of nitrogens with zero attached hydrogens (tertiary/aromatic N) is 2. The predicted molar refractivity (Wildman–Crippen MR) is 281 cm³/mol. The van der Waals surface area contributed by atoms with Crippen LogP contribution in [0.15, 0.2) is 133 Å². The van der Waals surface area contributed by atoms with Gasteiger partial charge in [-0.1, -0.05) is 125 Å². The molecule has 1 N–H and O–H groups in total. The number of hydrogen-bond donors (Lipinski definition) is 1. The van der Waals surface area contributed by atoms with Crippen molar-refractivity contribution in [1.82, 2.24) is 9.55 Å². The van der Waals surface area contributed by atoms with Crippen LogP contribution in [0.2, 0.25) is 0 Å². The minimum Gasteiger partial charge on any atom is -0.506 e. The standard InChI is InChI=1S/C51H23B9N2OS/c52-40-36(41(53)43(55)44(56)42(40)54)23-20-21-27-31(22-23)38(30-15-9-19-35-39(30)29-14-5-8-18-34(29)64-35)25-11-2-1-10-24(25)37(27)26-12-3-4-13-28(26)51-61-32-16-6-7-17-33(32)62(51)49-47(59)45(57)46(58)48(60)50(49)63/h1-22,63H. The van der Waals surface area contributed by atoms with Gasteiger partial charge in [0.15, 0.2) is 0 Å². The molecule has 2 heterocycles. The summed E-state index contributed by atoms with van der Waals surface area (Å²) >= 11 is 1.76. The van der Waals surface area contributed by atoms with Gasteiger partial charge in [0, 0.05) is 25.7 Å². The molecule has 0 saturated heterocycles. The first-order chi connectivity index (χ1) is 31.0. The fourth-order valence-electron chi connectivity index (χ4n) is 9.41. The van der Waals surface area contributed by atoms with Crippen molar-refractivity contribution < 1.29 is 5.11 Å². The molecule has 276 valence electrons. The van der Waals surface area contributed by atoms with Gasteiger partial charge in [-0.25, -0.2) is 4.98 Å². The molecule has 9 aromatic carbocycles. The minimum absolute atomic E-state index is 0.00140. The summed E-state index contributed by atoms with van der Waals surface area (Å²) in [6.07, 6.45) is 0. The van der Waals surface area contributed by atoms with Gasteiger partial charge in [-0.3, -0.25) is 4.57 Å². The van der Waals surface area contributed by atoms with E-state index < -0.39 is 0 Å². The second-order valence-corrected chi connectivity index (χ2v) is 17.0. The summed E-state index contributed by atoms with van der Waals surface area (Å²) in [6, 6.07) is 45.2. The number of thiophene rings is 1. The van der Waals surface area contributed by atoms with Crippen LogP contribution in [-0.2, 0) is 0 Å². The molecule has 3 nitrogen and oxygen atoms in total. The van der Waals surface area contributed by atoms with E-state index in [1.165, 1.54) is 14.8 Å². The van der Waals surface area contributed by atoms with E-state index in [4.69, 9.17) is 75.6 Å². The van der Waals surface area contributed by atoms with E-state index in [1.807, 2.05) is 54.6 Å². The lowest BCUT2D eigenvalue weighted by Crippen LogP contribution is -2.55. The normalized spacial score (nSPS) is 11.8. The Kier molecular flexibility index (Phi) is 9.52. The van der Waals surface area contributed by atoms with Gasteiger partial charge in [0.1, 0.15) is 82.2 Å². The first kappa shape index (κ1) is 40.4. The van der Waals surface area contributed by atoms with Crippen molar-refractivity contribution in [2.75, 3.05) is 0 Å². The number of imidazole rings is 1. The number of para-hydroxylation sites is 2. The zero-order chi connectivity index (χ0) is 44.3. The van der Waals surface area contributed by atoms with Crippen molar-refractivity contribution in [1.29, 1.82) is 0 Å². The van der Waals surface area contributed by atoms with Crippen molar-refractivity contribution in [3.05, 3.63) is 133 Å². The summed E-state index contributed by atoms with van der Waals surface area (Å²) in [5.74, 6) is 0.180. The first-order valence-electron chi connectivity index (χ1n) is 20.4. The molecular weight excluding hydrogens is 786 g/mol. The summed E-state index contributed by atoms with van der Waals surface area (Å²) in [6.45, 7) is 0. The molecule has 0 fully saturated rings. The quantitative estimate of drug-likeness (QED) is 0.215. The summed E-state index contributed by atoms with van der Waals surface area (Å²) in [5.41, 5.74) is 8.35. The highest BCUT2D eigenvalue weighted by Crippen LogP contribution is 2.50. The van der Waals surface area contributed by atoms with Gasteiger partial charge in [0.05, 0.1) is 16.7 Å². The Labute approximate surface area is 386 Å². The largest absolute Gasteiger partial charge is 0.506 e. The number of fused-ring (bicyclic) bond motifs is 6. The van der Waals surface area contributed by atoms with Gasteiger partial charge in [-0.15, -0.1) is 38.7 Å². The van der Waals surface area contributed by atoms with Gasteiger partial charge in [0.2, 0.25) is 0 Å². The summed E-state index contributed by atoms with van der Waals surface area (Å²) < 4.78 is 4.16. The number of aromatic hydroxyl groups is 1. The lowest BCUT2D eigenvalue weighted by atomic mass is 9.59. The average molecular weight is 809 g/mol. The zero-order valence-electron chi connectivity index (χ0n) is 34.1. The van der Waals surface area contributed by atoms with Crippen molar-refractivity contribution in [2.24, 2.45) is 0 Å². The van der Waals surface area contributed by atoms with E-state index in [0.29, 0.717) is 28.0 Å². The molecule has 18 radical (unpaired) electrons. The number of phenolic OH excluding ortho intramolecular Hbond substituents is 1. The fourth-order valence-corrected chi connectivity index (χ4v) is 10.5. The van der Waals surface area contributed by atoms with Crippen LogP contribution in [0.25, 0.3) is 103 Å². The maximum absolute atomic E-state index is 11.7. The van der Waals surface area contributed by atoms with Gasteiger partial charge in [0.25, 0.3) is 0 Å². The molecule has 0 atom stereocenters. The summed E-state index contributed by atoms with van der Waals surface area (Å²) in [5, 5.41) is 17.9. The molecule has 0 aliphatic heterocycles. The maximum atomic E-state index is 11.7. The van der Waals surface area contributed by atoms with Crippen molar-refractivity contribution in [3.8, 4) is 56.2 Å². The van der Waals surface area contributed by atoms with Crippen LogP contribution >= 0.6 is 11.3 Å². The highest BCUT2D eigenvalue weighted by molar-refractivity contribution is 7.26. The van der Waals surface area contributed by atoms with Gasteiger partial charge in [-0.05, 0) is 85.3 Å². The molecule has 64 heavy (non-hydrogen) atoms. The van der Waals surface area contributed by atoms with E-state index >= 15 is 0 Å². The Hall–Kier alpha value is -6.43. The molecule has 0 unspecified atom stereocenters. The smallest absolute Gasteiger partial charge is 0.146 e. The molecule has 0 aliphatic rings. The van der Waals surface area contributed by atoms with Crippen LogP contribution in [0.1, 0.15) is 0 Å². The van der Waals surface area contributed by atoms with Crippen LogP contribution in [-0.4, -0.2) is 85.3 Å². The molecular formula is C51H23B9N2OS. The number of rotatable bonds is 5. The van der Waals surface area contributed by atoms with Gasteiger partial charge in [-0.2, -0.15) is 0 Å². The van der Waals surface area contributed by atoms with E-state index in [1.54, 1.807) is 15.9 Å². The average Bonchev–Trinajstić information content (AvgIpc) is 3.90. The molecule has 2 aromatic heterocycles. The second kappa shape index (κ2) is 15.1. The third-order valence-corrected chi connectivity index (χ3v) is 13.6. The van der Waals surface area contributed by atoms with Gasteiger partial charge < -0.3 is 5.11 Å². The van der Waals surface area contributed by atoms with Gasteiger partial charge >= 0.3 is 0 Å². The third-order valence-electron chi connectivity index (χ3n) is 12.5. The number of aromatic nitrogens is 2. The minimum atomic E-state index is -0.309. The monoisotopic (exact) mass is 810 g/mol. The molecule has 0 aliphatic carbocycles. The van der Waals surface area contributed by atoms with Crippen LogP contribution in [0.4, 0.5) is 0 Å². The molecule has 0 spiro atoms. The molecule has 11 aromatic rings. The second-order valence-electron chi connectivity index (χ2n) is 15.9. The zero-order valence-corrected chi connectivity index (χ0v) is 35.0. The van der Waals surface area contributed by atoms with Crippen LogP contribution in [0, 0.1) is 0 Å². The number of phenols is 1. The fraction of sp³-hybridized carbons (Fsp3) is 0. The van der Waals surface area contributed by atoms with Crippen molar-refractivity contribution >= 4 is 184 Å². The molecule has 0 amide bonds. The Morgan fingerprint density at radius 3 is 1.69 bits per heavy atom. The number of hydrogen-bond acceptors (Lipinski definition) is 3. The van der Waals surface area contributed by atoms with Crippen molar-refractivity contribution in [2.45, 2.75) is 0 Å². The first-order valence-corrected chi connectivity index (χ1v) is 21.2. The molecule has 11 rings (SSSR count). The van der Waals surface area contributed by atoms with Crippen molar-refractivity contribution in [3.63, 3.8) is 0 Å². The lowest BCUT2D eigenvalue weighted by Gasteiger charge is -2.24. The van der Waals surface area contributed by atoms with E-state index in [9.17, 15) is 5.11 Å². The number of benzene rings is 9. The predicted octanol–water partition coefficient (Wildman–Crippen LogP) is 3.22. The topological polar surface area (TPSA) is 38.0 Å². The molecule has 13 heteroatoms. The highest BCUT2D eigenvalue weighted by atomic mass is 32.1. The SMILES string of the molecule is [B]c1c([B])c([B])c(-c2ccc3c(-c4ccccc4-c4nc5ccccc5n4-c4c([B])c([B])c([B])c([B])c4O)c4ccccc4c(-c4cccc5sc6ccccc6c45)c3c2)c([B])c1[B]. The molecule has 0 bridgehead atoms. The Bertz CT molecular complexity index is 3760. The molecule has 0 saturated carbocycles. The highest BCUT2D eigenvalue weighted by Gasteiger charge is 2.26. The lowest BCUT2D eigenvalue weighted by molar-refractivity contribution is 0.478. The Balaban J connectivity index is 1.30. The van der Waals surface area contributed by atoms with Crippen LogP contribution < -0.4 is 49.2 Å². The van der Waals surface area contributed by atoms with Crippen LogP contribution in [0.5, 0.6) is 5.75 Å². The Morgan fingerprint density at radius 1 is 0.422 bits per heavy atom. The van der Waals surface area contributed by atoms with E-state index in [0.717, 1.165) is 54.7 Å². The third kappa shape index (κ3) is 5.82. The summed E-state index contributed by atoms with van der Waals surface area (Å²) in [4.78, 5) is 5.21. The Morgan fingerprint density at radius 2 is 0.953 bits per heavy atom.